The van der Waals surface area contributed by atoms with Gasteiger partial charge in [0.25, 0.3) is 10.0 Å². The van der Waals surface area contributed by atoms with E-state index in [2.05, 4.69) is 21.1 Å². The molecule has 0 aliphatic carbocycles. The van der Waals surface area contributed by atoms with Crippen molar-refractivity contribution < 1.29 is 8.42 Å². The van der Waals surface area contributed by atoms with Crippen molar-refractivity contribution in [3.8, 4) is 0 Å². The van der Waals surface area contributed by atoms with Crippen LogP contribution in [-0.4, -0.2) is 15.0 Å². The molecule has 1 N–H and O–H groups in total. The molecule has 6 heteroatoms. The molecule has 4 rings (SSSR count). The summed E-state index contributed by atoms with van der Waals surface area (Å²) in [5, 5.41) is 3.34. The van der Waals surface area contributed by atoms with Crippen molar-refractivity contribution in [3.05, 3.63) is 87.5 Å². The van der Waals surface area contributed by atoms with Crippen LogP contribution in [0.1, 0.15) is 16.0 Å². The van der Waals surface area contributed by atoms with Gasteiger partial charge in [0.1, 0.15) is 0 Å². The van der Waals surface area contributed by atoms with Crippen LogP contribution in [-0.2, 0) is 23.0 Å². The lowest BCUT2D eigenvalue weighted by molar-refractivity contribution is 0.609. The van der Waals surface area contributed by atoms with Crippen LogP contribution < -0.4 is 9.62 Å². The summed E-state index contributed by atoms with van der Waals surface area (Å²) >= 11 is 1.79. The van der Waals surface area contributed by atoms with Crippen LogP contribution >= 0.6 is 11.3 Å². The van der Waals surface area contributed by atoms with Crippen molar-refractivity contribution in [1.82, 2.24) is 0 Å². The molecule has 0 radical (unpaired) electrons. The van der Waals surface area contributed by atoms with E-state index in [0.717, 1.165) is 30.8 Å². The second-order valence-corrected chi connectivity index (χ2v) is 8.99. The monoisotopic (exact) mass is 396 g/mol. The number of anilines is 2. The van der Waals surface area contributed by atoms with Crippen molar-refractivity contribution >= 4 is 38.8 Å². The molecule has 0 fully saturated rings. The minimum absolute atomic E-state index is 0.605. The molecule has 0 atom stereocenters. The fraction of sp³-hybridized carbons (Fsp3) is 0.143. The maximum absolute atomic E-state index is 12.6. The average Bonchev–Trinajstić information content (AvgIpc) is 3.15. The van der Waals surface area contributed by atoms with Crippen LogP contribution in [0.3, 0.4) is 0 Å². The van der Waals surface area contributed by atoms with Crippen LogP contribution in [0, 0.1) is 0 Å². The van der Waals surface area contributed by atoms with Gasteiger partial charge in [0.2, 0.25) is 0 Å². The standard InChI is InChI=1S/C21H20N2O2S2/c24-27(25,15-12-17-6-2-1-3-7-17)22-19-8-4-5-9-20(19)23-13-10-21-18(16-23)11-14-26-21/h1-9,11-12,14-15,22H,10,13,16H2/b15-12+. The predicted molar refractivity (Wildman–Crippen MR) is 114 cm³/mol. The van der Waals surface area contributed by atoms with E-state index >= 15 is 0 Å². The minimum atomic E-state index is -3.60. The number of hydrogen-bond acceptors (Lipinski definition) is 4. The smallest absolute Gasteiger partial charge is 0.255 e. The van der Waals surface area contributed by atoms with Gasteiger partial charge >= 0.3 is 0 Å². The highest BCUT2D eigenvalue weighted by Gasteiger charge is 2.20. The van der Waals surface area contributed by atoms with Gasteiger partial charge in [0.15, 0.2) is 0 Å². The van der Waals surface area contributed by atoms with E-state index in [1.807, 2.05) is 54.6 Å². The Morgan fingerprint density at radius 3 is 2.63 bits per heavy atom. The molecule has 27 heavy (non-hydrogen) atoms. The van der Waals surface area contributed by atoms with Gasteiger partial charge in [-0.25, -0.2) is 8.42 Å². The molecule has 3 aromatic rings. The molecule has 2 aromatic carbocycles. The lowest BCUT2D eigenvalue weighted by Crippen LogP contribution is -2.30. The molecule has 0 unspecified atom stereocenters. The quantitative estimate of drug-likeness (QED) is 0.679. The highest BCUT2D eigenvalue weighted by atomic mass is 32.2. The van der Waals surface area contributed by atoms with Crippen LogP contribution in [0.2, 0.25) is 0 Å². The lowest BCUT2D eigenvalue weighted by Gasteiger charge is -2.30. The number of nitrogens with one attached hydrogen (secondary N) is 1. The first-order valence-electron chi connectivity index (χ1n) is 8.76. The van der Waals surface area contributed by atoms with Crippen molar-refractivity contribution in [1.29, 1.82) is 0 Å². The summed E-state index contributed by atoms with van der Waals surface area (Å²) in [6, 6.07) is 19.1. The van der Waals surface area contributed by atoms with E-state index in [-0.39, 0.29) is 0 Å². The van der Waals surface area contributed by atoms with E-state index < -0.39 is 10.0 Å². The molecule has 1 aliphatic rings. The summed E-state index contributed by atoms with van der Waals surface area (Å²) in [5.41, 5.74) is 3.69. The lowest BCUT2D eigenvalue weighted by atomic mass is 10.1. The zero-order valence-electron chi connectivity index (χ0n) is 14.7. The summed E-state index contributed by atoms with van der Waals surface area (Å²) < 4.78 is 27.8. The Labute approximate surface area is 163 Å². The number of thiophene rings is 1. The molecule has 0 spiro atoms. The largest absolute Gasteiger partial charge is 0.365 e. The highest BCUT2D eigenvalue weighted by Crippen LogP contribution is 2.32. The molecule has 0 saturated carbocycles. The number of para-hydroxylation sites is 2. The van der Waals surface area contributed by atoms with Crippen LogP contribution in [0.5, 0.6) is 0 Å². The third kappa shape index (κ3) is 4.23. The summed E-state index contributed by atoms with van der Waals surface area (Å²) in [6.45, 7) is 1.68. The van der Waals surface area contributed by atoms with Gasteiger partial charge in [0, 0.05) is 18.0 Å². The Morgan fingerprint density at radius 1 is 1.00 bits per heavy atom. The van der Waals surface area contributed by atoms with E-state index in [0.29, 0.717) is 5.69 Å². The van der Waals surface area contributed by atoms with E-state index in [1.54, 1.807) is 17.4 Å². The van der Waals surface area contributed by atoms with Gasteiger partial charge in [-0.15, -0.1) is 11.3 Å². The highest BCUT2D eigenvalue weighted by molar-refractivity contribution is 7.95. The van der Waals surface area contributed by atoms with Crippen LogP contribution in [0.4, 0.5) is 11.4 Å². The van der Waals surface area contributed by atoms with Crippen LogP contribution in [0.15, 0.2) is 71.5 Å². The van der Waals surface area contributed by atoms with Crippen molar-refractivity contribution in [2.75, 3.05) is 16.2 Å². The number of nitrogens with zero attached hydrogens (tertiary/aromatic N) is 1. The summed E-state index contributed by atoms with van der Waals surface area (Å²) in [4.78, 5) is 3.66. The fourth-order valence-electron chi connectivity index (χ4n) is 3.21. The average molecular weight is 397 g/mol. The van der Waals surface area contributed by atoms with Crippen molar-refractivity contribution in [2.45, 2.75) is 13.0 Å². The molecule has 138 valence electrons. The zero-order chi connectivity index (χ0) is 18.7. The SMILES string of the molecule is O=S(=O)(/C=C/c1ccccc1)Nc1ccccc1N1CCc2sccc2C1. The topological polar surface area (TPSA) is 49.4 Å². The van der Waals surface area contributed by atoms with E-state index in [1.165, 1.54) is 15.8 Å². The number of rotatable bonds is 5. The Morgan fingerprint density at radius 2 is 1.78 bits per heavy atom. The third-order valence-electron chi connectivity index (χ3n) is 4.54. The Kier molecular flexibility index (Phi) is 5.01. The summed E-state index contributed by atoms with van der Waals surface area (Å²) in [6.07, 6.45) is 2.59. The Bertz CT molecular complexity index is 1060. The fourth-order valence-corrected chi connectivity index (χ4v) is 4.98. The maximum Gasteiger partial charge on any atom is 0.255 e. The molecule has 0 saturated heterocycles. The molecular formula is C21H20N2O2S2. The van der Waals surface area contributed by atoms with Gasteiger partial charge < -0.3 is 4.90 Å². The Hall–Kier alpha value is -2.57. The normalized spacial score (nSPS) is 14.3. The number of fused-ring (bicyclic) bond motifs is 1. The van der Waals surface area contributed by atoms with Crippen molar-refractivity contribution in [3.63, 3.8) is 0 Å². The molecule has 0 bridgehead atoms. The van der Waals surface area contributed by atoms with Gasteiger partial charge in [-0.05, 0) is 47.2 Å². The minimum Gasteiger partial charge on any atom is -0.365 e. The van der Waals surface area contributed by atoms with Crippen LogP contribution in [0.25, 0.3) is 6.08 Å². The third-order valence-corrected chi connectivity index (χ3v) is 6.57. The van der Waals surface area contributed by atoms with Gasteiger partial charge in [0.05, 0.1) is 16.8 Å². The first kappa shape index (κ1) is 17.8. The number of hydrogen-bond donors (Lipinski definition) is 1. The number of benzene rings is 2. The van der Waals surface area contributed by atoms with Gasteiger partial charge in [-0.1, -0.05) is 42.5 Å². The molecule has 2 heterocycles. The molecule has 4 nitrogen and oxygen atoms in total. The molecule has 1 aromatic heterocycles. The second-order valence-electron chi connectivity index (χ2n) is 6.42. The summed E-state index contributed by atoms with van der Waals surface area (Å²) in [5.74, 6) is 0. The maximum atomic E-state index is 12.6. The van der Waals surface area contributed by atoms with E-state index in [4.69, 9.17) is 0 Å². The Balaban J connectivity index is 1.56. The predicted octanol–water partition coefficient (Wildman–Crippen LogP) is 4.72. The first-order valence-corrected chi connectivity index (χ1v) is 11.2. The van der Waals surface area contributed by atoms with Gasteiger partial charge in [-0.3, -0.25) is 4.72 Å². The summed E-state index contributed by atoms with van der Waals surface area (Å²) in [7, 11) is -3.60. The zero-order valence-corrected chi connectivity index (χ0v) is 16.3. The first-order chi connectivity index (χ1) is 13.1. The second kappa shape index (κ2) is 7.58. The van der Waals surface area contributed by atoms with Gasteiger partial charge in [-0.2, -0.15) is 0 Å². The number of sulfonamides is 1. The molecule has 0 amide bonds. The molecule has 1 aliphatic heterocycles. The van der Waals surface area contributed by atoms with E-state index in [9.17, 15) is 8.42 Å². The van der Waals surface area contributed by atoms with Crippen molar-refractivity contribution in [2.24, 2.45) is 0 Å². The molecular weight excluding hydrogens is 376 g/mol.